The van der Waals surface area contributed by atoms with Gasteiger partial charge in [0.25, 0.3) is 5.91 Å². The summed E-state index contributed by atoms with van der Waals surface area (Å²) in [6.45, 7) is 4.84. The summed E-state index contributed by atoms with van der Waals surface area (Å²) >= 11 is 0. The van der Waals surface area contributed by atoms with Crippen molar-refractivity contribution < 1.29 is 4.79 Å². The Labute approximate surface area is 131 Å². The first kappa shape index (κ1) is 15.9. The van der Waals surface area contributed by atoms with Gasteiger partial charge < -0.3 is 10.6 Å². The molecule has 0 bridgehead atoms. The normalized spacial score (nSPS) is 10.3. The summed E-state index contributed by atoms with van der Waals surface area (Å²) in [6.07, 6.45) is 4.64. The fraction of sp³-hybridized carbons (Fsp3) is 0.353. The van der Waals surface area contributed by atoms with Crippen LogP contribution in [0.1, 0.15) is 42.2 Å². The number of aryl methyl sites for hydroxylation is 1. The van der Waals surface area contributed by atoms with Crippen molar-refractivity contribution in [1.82, 2.24) is 15.3 Å². The van der Waals surface area contributed by atoms with Crippen molar-refractivity contribution in [3.05, 3.63) is 47.9 Å². The maximum Gasteiger partial charge on any atom is 0.270 e. The number of nitrogens with one attached hydrogen (secondary N) is 2. The molecule has 0 fully saturated rings. The average Bonchev–Trinajstić information content (AvgIpc) is 2.52. The lowest BCUT2D eigenvalue weighted by molar-refractivity contribution is 0.0948. The number of rotatable bonds is 7. The van der Waals surface area contributed by atoms with Crippen LogP contribution < -0.4 is 10.6 Å². The highest BCUT2D eigenvalue weighted by atomic mass is 16.1. The van der Waals surface area contributed by atoms with Crippen LogP contribution in [0.2, 0.25) is 0 Å². The Hall–Kier alpha value is -2.43. The molecule has 0 saturated heterocycles. The van der Waals surface area contributed by atoms with E-state index in [4.69, 9.17) is 0 Å². The highest BCUT2D eigenvalue weighted by Gasteiger charge is 2.08. The lowest BCUT2D eigenvalue weighted by Gasteiger charge is -2.08. The smallest absolute Gasteiger partial charge is 0.270 e. The molecule has 0 aliphatic carbocycles. The maximum atomic E-state index is 12.0. The maximum absolute atomic E-state index is 12.0. The third-order valence-electron chi connectivity index (χ3n) is 3.26. The summed E-state index contributed by atoms with van der Waals surface area (Å²) in [5.74, 6) is 0.449. The Kier molecular flexibility index (Phi) is 5.89. The van der Waals surface area contributed by atoms with Crippen LogP contribution in [-0.2, 0) is 0 Å². The van der Waals surface area contributed by atoms with E-state index in [-0.39, 0.29) is 5.91 Å². The lowest BCUT2D eigenvalue weighted by Crippen LogP contribution is -2.25. The summed E-state index contributed by atoms with van der Waals surface area (Å²) in [5, 5.41) is 6.06. The number of hydrogen-bond donors (Lipinski definition) is 2. The van der Waals surface area contributed by atoms with Crippen LogP contribution in [0, 0.1) is 6.92 Å². The number of nitrogens with zero attached hydrogens (tertiary/aromatic N) is 2. The number of carbonyl (C=O) groups is 1. The third kappa shape index (κ3) is 4.84. The largest absolute Gasteiger partial charge is 0.351 e. The van der Waals surface area contributed by atoms with Crippen LogP contribution in [0.3, 0.4) is 0 Å². The van der Waals surface area contributed by atoms with E-state index in [1.54, 1.807) is 6.07 Å². The van der Waals surface area contributed by atoms with E-state index in [1.165, 1.54) is 6.33 Å². The molecular formula is C17H22N4O. The fourth-order valence-electron chi connectivity index (χ4n) is 2.09. The number of amides is 1. The summed E-state index contributed by atoms with van der Waals surface area (Å²) in [7, 11) is 0. The quantitative estimate of drug-likeness (QED) is 0.768. The lowest BCUT2D eigenvalue weighted by atomic mass is 10.2. The van der Waals surface area contributed by atoms with Gasteiger partial charge in [-0.3, -0.25) is 4.79 Å². The predicted octanol–water partition coefficient (Wildman–Crippen LogP) is 3.45. The standard InChI is InChI=1S/C17H22N4O/c1-3-4-5-9-18-17(22)15-11-16(20-12-19-15)21-14-8-6-7-13(2)10-14/h6-8,10-12H,3-5,9H2,1-2H3,(H,18,22)(H,19,20,21). The summed E-state index contributed by atoms with van der Waals surface area (Å²) in [4.78, 5) is 20.2. The van der Waals surface area contributed by atoms with E-state index >= 15 is 0 Å². The molecule has 0 spiro atoms. The predicted molar refractivity (Wildman–Crippen MR) is 88.4 cm³/mol. The highest BCUT2D eigenvalue weighted by molar-refractivity contribution is 5.92. The van der Waals surface area contributed by atoms with E-state index in [0.29, 0.717) is 18.1 Å². The zero-order chi connectivity index (χ0) is 15.8. The van der Waals surface area contributed by atoms with Gasteiger partial charge in [0.2, 0.25) is 0 Å². The van der Waals surface area contributed by atoms with Crippen LogP contribution in [0.5, 0.6) is 0 Å². The van der Waals surface area contributed by atoms with Gasteiger partial charge in [-0.1, -0.05) is 31.9 Å². The van der Waals surface area contributed by atoms with Gasteiger partial charge in [-0.05, 0) is 31.0 Å². The molecule has 5 heteroatoms. The minimum Gasteiger partial charge on any atom is -0.351 e. The van der Waals surface area contributed by atoms with Gasteiger partial charge >= 0.3 is 0 Å². The van der Waals surface area contributed by atoms with Crippen molar-refractivity contribution in [2.24, 2.45) is 0 Å². The Balaban J connectivity index is 1.98. The number of hydrogen-bond acceptors (Lipinski definition) is 4. The van der Waals surface area contributed by atoms with Crippen molar-refractivity contribution in [3.8, 4) is 0 Å². The van der Waals surface area contributed by atoms with Gasteiger partial charge in [-0.25, -0.2) is 9.97 Å². The molecule has 2 N–H and O–H groups in total. The molecule has 0 saturated carbocycles. The molecule has 2 rings (SSSR count). The number of aromatic nitrogens is 2. The summed E-state index contributed by atoms with van der Waals surface area (Å²) in [5.41, 5.74) is 2.47. The second kappa shape index (κ2) is 8.12. The van der Waals surface area contributed by atoms with E-state index in [0.717, 1.165) is 30.5 Å². The summed E-state index contributed by atoms with van der Waals surface area (Å²) in [6, 6.07) is 9.64. The van der Waals surface area contributed by atoms with Crippen molar-refractivity contribution in [2.75, 3.05) is 11.9 Å². The van der Waals surface area contributed by atoms with E-state index in [1.807, 2.05) is 31.2 Å². The molecule has 2 aromatic rings. The van der Waals surface area contributed by atoms with Gasteiger partial charge in [0, 0.05) is 18.3 Å². The second-order valence-corrected chi connectivity index (χ2v) is 5.25. The monoisotopic (exact) mass is 298 g/mol. The van der Waals surface area contributed by atoms with Gasteiger partial charge in [0.15, 0.2) is 0 Å². The van der Waals surface area contributed by atoms with Crippen LogP contribution in [0.25, 0.3) is 0 Å². The Morgan fingerprint density at radius 3 is 2.82 bits per heavy atom. The first-order valence-corrected chi connectivity index (χ1v) is 7.63. The first-order chi connectivity index (χ1) is 10.7. The van der Waals surface area contributed by atoms with E-state index < -0.39 is 0 Å². The summed E-state index contributed by atoms with van der Waals surface area (Å²) < 4.78 is 0. The molecule has 5 nitrogen and oxygen atoms in total. The number of benzene rings is 1. The zero-order valence-corrected chi connectivity index (χ0v) is 13.1. The van der Waals surface area contributed by atoms with Gasteiger partial charge in [-0.2, -0.15) is 0 Å². The number of carbonyl (C=O) groups excluding carboxylic acids is 1. The zero-order valence-electron chi connectivity index (χ0n) is 13.1. The SMILES string of the molecule is CCCCCNC(=O)c1cc(Nc2cccc(C)c2)ncn1. The van der Waals surface area contributed by atoms with Crippen molar-refractivity contribution >= 4 is 17.4 Å². The van der Waals surface area contributed by atoms with Gasteiger partial charge in [-0.15, -0.1) is 0 Å². The second-order valence-electron chi connectivity index (χ2n) is 5.25. The molecule has 116 valence electrons. The van der Waals surface area contributed by atoms with Gasteiger partial charge in [0.1, 0.15) is 17.8 Å². The van der Waals surface area contributed by atoms with Crippen LogP contribution in [-0.4, -0.2) is 22.4 Å². The molecule has 0 atom stereocenters. The Morgan fingerprint density at radius 2 is 2.05 bits per heavy atom. The Morgan fingerprint density at radius 1 is 1.18 bits per heavy atom. The minimum absolute atomic E-state index is 0.161. The van der Waals surface area contributed by atoms with E-state index in [9.17, 15) is 4.79 Å². The van der Waals surface area contributed by atoms with Crippen molar-refractivity contribution in [3.63, 3.8) is 0 Å². The topological polar surface area (TPSA) is 66.9 Å². The molecule has 0 unspecified atom stereocenters. The molecule has 1 aromatic carbocycles. The molecule has 22 heavy (non-hydrogen) atoms. The van der Waals surface area contributed by atoms with Crippen molar-refractivity contribution in [2.45, 2.75) is 33.1 Å². The van der Waals surface area contributed by atoms with E-state index in [2.05, 4.69) is 27.5 Å². The highest BCUT2D eigenvalue weighted by Crippen LogP contribution is 2.15. The number of anilines is 2. The fourth-order valence-corrected chi connectivity index (χ4v) is 2.09. The first-order valence-electron chi connectivity index (χ1n) is 7.63. The van der Waals surface area contributed by atoms with Gasteiger partial charge in [0.05, 0.1) is 0 Å². The Bertz CT molecular complexity index is 628. The van der Waals surface area contributed by atoms with Crippen LogP contribution in [0.15, 0.2) is 36.7 Å². The molecule has 0 aliphatic rings. The molecule has 0 aliphatic heterocycles. The molecular weight excluding hydrogens is 276 g/mol. The minimum atomic E-state index is -0.161. The third-order valence-corrected chi connectivity index (χ3v) is 3.26. The molecule has 0 radical (unpaired) electrons. The molecule has 1 aromatic heterocycles. The molecule has 1 heterocycles. The van der Waals surface area contributed by atoms with Crippen LogP contribution in [0.4, 0.5) is 11.5 Å². The number of unbranched alkanes of at least 4 members (excludes halogenated alkanes) is 2. The van der Waals surface area contributed by atoms with Crippen LogP contribution >= 0.6 is 0 Å². The average molecular weight is 298 g/mol. The van der Waals surface area contributed by atoms with Crippen molar-refractivity contribution in [1.29, 1.82) is 0 Å². The molecule has 1 amide bonds.